The molecule has 0 aliphatic carbocycles. The van der Waals surface area contributed by atoms with E-state index in [4.69, 9.17) is 5.11 Å². The number of phenolic OH excluding ortho intramolecular Hbond substituents is 1. The molecule has 3 amide bonds. The first kappa shape index (κ1) is 24.5. The number of thiol groups is 1. The zero-order valence-corrected chi connectivity index (χ0v) is 18.0. The predicted octanol–water partition coefficient (Wildman–Crippen LogP) is -0.825. The summed E-state index contributed by atoms with van der Waals surface area (Å²) in [7, 11) is 0. The molecule has 0 radical (unpaired) electrons. The van der Waals surface area contributed by atoms with Crippen LogP contribution in [0.3, 0.4) is 0 Å². The fourth-order valence-corrected chi connectivity index (χ4v) is 3.37. The molecule has 11 heteroatoms. The van der Waals surface area contributed by atoms with Gasteiger partial charge in [0.2, 0.25) is 17.7 Å². The van der Waals surface area contributed by atoms with Gasteiger partial charge in [-0.15, -0.1) is 0 Å². The molecular weight excluding hydrogens is 424 g/mol. The Morgan fingerprint density at radius 1 is 1.10 bits per heavy atom. The van der Waals surface area contributed by atoms with E-state index in [2.05, 4.69) is 33.9 Å². The largest absolute Gasteiger partial charge is 0.508 e. The van der Waals surface area contributed by atoms with E-state index in [-0.39, 0.29) is 29.9 Å². The van der Waals surface area contributed by atoms with E-state index in [0.717, 1.165) is 13.0 Å². The lowest BCUT2D eigenvalue weighted by atomic mass is 10.0. The standard InChI is InChI=1S/C20H28N4O6S/c1-11(22-18(27)14-3-2-8-21-14)17(26)23-15(9-12-4-6-13(25)7-5-12)19(28)24-16(10-31)20(29)30/h4-7,11,14-16,21,25,31H,2-3,8-10H2,1H3,(H,22,27)(H,23,26)(H,24,28)(H,29,30). The zero-order chi connectivity index (χ0) is 23.0. The highest BCUT2D eigenvalue weighted by Crippen LogP contribution is 2.12. The van der Waals surface area contributed by atoms with Crippen LogP contribution in [0.1, 0.15) is 25.3 Å². The van der Waals surface area contributed by atoms with Crippen molar-refractivity contribution in [1.29, 1.82) is 0 Å². The molecule has 1 fully saturated rings. The number of carbonyl (C=O) groups is 4. The SMILES string of the molecule is CC(NC(=O)C1CCCN1)C(=O)NC(Cc1ccc(O)cc1)C(=O)NC(CS)C(=O)O. The summed E-state index contributed by atoms with van der Waals surface area (Å²) in [6.45, 7) is 2.24. The van der Waals surface area contributed by atoms with Crippen LogP contribution in [0.25, 0.3) is 0 Å². The lowest BCUT2D eigenvalue weighted by molar-refractivity contribution is -0.141. The molecule has 31 heavy (non-hydrogen) atoms. The van der Waals surface area contributed by atoms with Crippen LogP contribution < -0.4 is 21.3 Å². The fraction of sp³-hybridized carbons (Fsp3) is 0.500. The summed E-state index contributed by atoms with van der Waals surface area (Å²) < 4.78 is 0. The van der Waals surface area contributed by atoms with E-state index >= 15 is 0 Å². The normalized spacial score (nSPS) is 18.5. The maximum atomic E-state index is 12.7. The second kappa shape index (κ2) is 11.6. The Hall–Kier alpha value is -2.79. The number of aromatic hydroxyl groups is 1. The number of hydrogen-bond donors (Lipinski definition) is 7. The summed E-state index contributed by atoms with van der Waals surface area (Å²) in [5, 5.41) is 29.2. The van der Waals surface area contributed by atoms with E-state index < -0.39 is 35.9 Å². The summed E-state index contributed by atoms with van der Waals surface area (Å²) in [6, 6.07) is 2.50. The minimum Gasteiger partial charge on any atom is -0.508 e. The average molecular weight is 453 g/mol. The summed E-state index contributed by atoms with van der Waals surface area (Å²) in [4.78, 5) is 48.8. The Kier molecular flexibility index (Phi) is 9.13. The Morgan fingerprint density at radius 3 is 2.29 bits per heavy atom. The van der Waals surface area contributed by atoms with Crippen molar-refractivity contribution in [2.75, 3.05) is 12.3 Å². The van der Waals surface area contributed by atoms with Crippen molar-refractivity contribution in [3.8, 4) is 5.75 Å². The predicted molar refractivity (Wildman–Crippen MR) is 116 cm³/mol. The topological polar surface area (TPSA) is 157 Å². The summed E-state index contributed by atoms with van der Waals surface area (Å²) in [5.41, 5.74) is 0.642. The molecule has 1 aromatic carbocycles. The van der Waals surface area contributed by atoms with Gasteiger partial charge in [0.05, 0.1) is 6.04 Å². The van der Waals surface area contributed by atoms with Crippen LogP contribution in [-0.4, -0.2) is 70.4 Å². The summed E-state index contributed by atoms with van der Waals surface area (Å²) in [6.07, 6.45) is 1.62. The van der Waals surface area contributed by atoms with Gasteiger partial charge in [-0.25, -0.2) is 4.79 Å². The number of carboxylic acids is 1. The van der Waals surface area contributed by atoms with E-state index in [0.29, 0.717) is 12.0 Å². The minimum absolute atomic E-state index is 0.0478. The van der Waals surface area contributed by atoms with Crippen molar-refractivity contribution in [2.24, 2.45) is 0 Å². The van der Waals surface area contributed by atoms with Crippen LogP contribution in [0.5, 0.6) is 5.75 Å². The van der Waals surface area contributed by atoms with E-state index in [9.17, 15) is 24.3 Å². The van der Waals surface area contributed by atoms with Crippen molar-refractivity contribution in [1.82, 2.24) is 21.3 Å². The maximum Gasteiger partial charge on any atom is 0.327 e. The van der Waals surface area contributed by atoms with Gasteiger partial charge in [-0.1, -0.05) is 12.1 Å². The third-order valence-electron chi connectivity index (χ3n) is 4.94. The van der Waals surface area contributed by atoms with Gasteiger partial charge in [-0.05, 0) is 44.0 Å². The average Bonchev–Trinajstić information content (AvgIpc) is 3.27. The third kappa shape index (κ3) is 7.44. The van der Waals surface area contributed by atoms with Crippen molar-refractivity contribution >= 4 is 36.3 Å². The van der Waals surface area contributed by atoms with Gasteiger partial charge in [0.15, 0.2) is 0 Å². The molecule has 1 aliphatic rings. The third-order valence-corrected chi connectivity index (χ3v) is 5.30. The quantitative estimate of drug-likeness (QED) is 0.229. The highest BCUT2D eigenvalue weighted by atomic mass is 32.1. The molecule has 4 unspecified atom stereocenters. The molecule has 1 saturated heterocycles. The zero-order valence-electron chi connectivity index (χ0n) is 17.1. The molecule has 6 N–H and O–H groups in total. The smallest absolute Gasteiger partial charge is 0.327 e. The van der Waals surface area contributed by atoms with Gasteiger partial charge >= 0.3 is 5.97 Å². The van der Waals surface area contributed by atoms with E-state index in [1.807, 2.05) is 0 Å². The number of carbonyl (C=O) groups excluding carboxylic acids is 3. The lowest BCUT2D eigenvalue weighted by Gasteiger charge is -2.23. The molecule has 4 atom stereocenters. The molecule has 0 saturated carbocycles. The van der Waals surface area contributed by atoms with Gasteiger partial charge < -0.3 is 31.5 Å². The molecule has 10 nitrogen and oxygen atoms in total. The van der Waals surface area contributed by atoms with E-state index in [1.165, 1.54) is 19.1 Å². The number of rotatable bonds is 10. The second-order valence-corrected chi connectivity index (χ2v) is 7.76. The van der Waals surface area contributed by atoms with Crippen LogP contribution in [0.15, 0.2) is 24.3 Å². The number of nitrogens with one attached hydrogen (secondary N) is 4. The molecule has 0 spiro atoms. The molecule has 1 aliphatic heterocycles. The first-order valence-corrected chi connectivity index (χ1v) is 10.6. The summed E-state index contributed by atoms with van der Waals surface area (Å²) >= 11 is 3.93. The Morgan fingerprint density at radius 2 is 1.74 bits per heavy atom. The highest BCUT2D eigenvalue weighted by molar-refractivity contribution is 7.80. The first-order chi connectivity index (χ1) is 14.7. The van der Waals surface area contributed by atoms with E-state index in [1.54, 1.807) is 12.1 Å². The number of aliphatic carboxylic acids is 1. The fourth-order valence-electron chi connectivity index (χ4n) is 3.12. The molecule has 1 aromatic rings. The number of hydrogen-bond acceptors (Lipinski definition) is 7. The highest BCUT2D eigenvalue weighted by Gasteiger charge is 2.29. The lowest BCUT2D eigenvalue weighted by Crippen LogP contribution is -2.57. The van der Waals surface area contributed by atoms with Crippen molar-refractivity contribution in [3.05, 3.63) is 29.8 Å². The molecule has 1 heterocycles. The van der Waals surface area contributed by atoms with Crippen LogP contribution in [0.4, 0.5) is 0 Å². The number of phenols is 1. The minimum atomic E-state index is -1.25. The molecular formula is C20H28N4O6S. The first-order valence-electron chi connectivity index (χ1n) is 9.97. The van der Waals surface area contributed by atoms with Crippen LogP contribution in [0.2, 0.25) is 0 Å². The van der Waals surface area contributed by atoms with Crippen molar-refractivity contribution in [3.63, 3.8) is 0 Å². The van der Waals surface area contributed by atoms with Gasteiger partial charge in [-0.3, -0.25) is 14.4 Å². The van der Waals surface area contributed by atoms with Crippen molar-refractivity contribution in [2.45, 2.75) is 50.4 Å². The van der Waals surface area contributed by atoms with Crippen LogP contribution in [0, 0.1) is 0 Å². The second-order valence-electron chi connectivity index (χ2n) is 7.39. The number of amides is 3. The van der Waals surface area contributed by atoms with Gasteiger partial charge in [0, 0.05) is 12.2 Å². The summed E-state index contributed by atoms with van der Waals surface area (Å²) in [5.74, 6) is -2.89. The Bertz CT molecular complexity index is 797. The molecule has 0 aromatic heterocycles. The molecule has 2 rings (SSSR count). The van der Waals surface area contributed by atoms with Gasteiger partial charge in [0.25, 0.3) is 0 Å². The van der Waals surface area contributed by atoms with Gasteiger partial charge in [-0.2, -0.15) is 12.6 Å². The Balaban J connectivity index is 2.07. The van der Waals surface area contributed by atoms with Crippen LogP contribution >= 0.6 is 12.6 Å². The van der Waals surface area contributed by atoms with Crippen LogP contribution in [-0.2, 0) is 25.6 Å². The van der Waals surface area contributed by atoms with Gasteiger partial charge in [0.1, 0.15) is 23.9 Å². The monoisotopic (exact) mass is 452 g/mol. The van der Waals surface area contributed by atoms with Crippen molar-refractivity contribution < 1.29 is 29.4 Å². The Labute approximate surface area is 185 Å². The number of carboxylic acid groups (broad SMARTS) is 1. The molecule has 170 valence electrons. The molecule has 0 bridgehead atoms. The number of benzene rings is 1. The maximum absolute atomic E-state index is 12.7.